The number of carbonyl (C=O) groups excluding carboxylic acids is 1. The number of aryl methyl sites for hydroxylation is 2. The van der Waals surface area contributed by atoms with Crippen molar-refractivity contribution in [3.05, 3.63) is 53.6 Å². The largest absolute Gasteiger partial charge is 0.325 e. The van der Waals surface area contributed by atoms with Crippen molar-refractivity contribution in [2.75, 3.05) is 5.32 Å². The number of nitrogens with one attached hydrogen (secondary N) is 1. The molecule has 128 valence electrons. The maximum atomic E-state index is 12.3. The number of hydrogen-bond acceptors (Lipinski definition) is 4. The molecule has 2 aromatic rings. The molecule has 0 bridgehead atoms. The molecule has 0 aliphatic rings. The molecule has 0 aromatic heterocycles. The Morgan fingerprint density at radius 2 is 1.75 bits per heavy atom. The van der Waals surface area contributed by atoms with E-state index in [1.54, 1.807) is 0 Å². The number of sulfonamides is 1. The van der Waals surface area contributed by atoms with Gasteiger partial charge < -0.3 is 5.32 Å². The third-order valence-corrected chi connectivity index (χ3v) is 5.66. The fraction of sp³-hybridized carbons (Fsp3) is 0.235. The highest BCUT2D eigenvalue weighted by Crippen LogP contribution is 2.28. The van der Waals surface area contributed by atoms with Gasteiger partial charge in [0.2, 0.25) is 15.9 Å². The molecule has 24 heavy (non-hydrogen) atoms. The first-order chi connectivity index (χ1) is 11.2. The fourth-order valence-electron chi connectivity index (χ4n) is 2.05. The van der Waals surface area contributed by atoms with Crippen LogP contribution in [-0.2, 0) is 14.8 Å². The number of rotatable bonds is 5. The lowest BCUT2D eigenvalue weighted by atomic mass is 10.2. The molecule has 2 aromatic carbocycles. The van der Waals surface area contributed by atoms with Gasteiger partial charge in [0, 0.05) is 10.6 Å². The number of hydrogen-bond donors (Lipinski definition) is 2. The first-order valence-corrected chi connectivity index (χ1v) is 9.77. The number of thioether (sulfide) groups is 1. The van der Waals surface area contributed by atoms with Crippen molar-refractivity contribution in [2.24, 2.45) is 5.14 Å². The van der Waals surface area contributed by atoms with Crippen LogP contribution in [0.2, 0.25) is 0 Å². The van der Waals surface area contributed by atoms with Gasteiger partial charge in [-0.3, -0.25) is 4.79 Å². The molecule has 3 N–H and O–H groups in total. The average molecular weight is 364 g/mol. The van der Waals surface area contributed by atoms with Gasteiger partial charge >= 0.3 is 0 Å². The number of benzene rings is 2. The van der Waals surface area contributed by atoms with Crippen LogP contribution in [0.1, 0.15) is 18.1 Å². The monoisotopic (exact) mass is 364 g/mol. The highest BCUT2D eigenvalue weighted by molar-refractivity contribution is 8.00. The molecule has 0 radical (unpaired) electrons. The number of anilines is 1. The first-order valence-electron chi connectivity index (χ1n) is 7.34. The van der Waals surface area contributed by atoms with Gasteiger partial charge in [0.1, 0.15) is 0 Å². The molecule has 1 atom stereocenters. The Labute approximate surface area is 146 Å². The van der Waals surface area contributed by atoms with Gasteiger partial charge in [0.15, 0.2) is 0 Å². The Morgan fingerprint density at radius 3 is 2.33 bits per heavy atom. The maximum absolute atomic E-state index is 12.3. The normalized spacial score (nSPS) is 12.7. The predicted octanol–water partition coefficient (Wildman–Crippen LogP) is 3.07. The smallest absolute Gasteiger partial charge is 0.238 e. The number of nitrogens with two attached hydrogens (primary N) is 1. The van der Waals surface area contributed by atoms with E-state index >= 15 is 0 Å². The summed E-state index contributed by atoms with van der Waals surface area (Å²) in [6, 6.07) is 11.9. The van der Waals surface area contributed by atoms with Gasteiger partial charge in [-0.15, -0.1) is 11.8 Å². The SMILES string of the molecule is Cc1ccc(C)c(S[C@@H](C)C(=O)Nc2ccc(S(N)(=O)=O)cc2)c1. The van der Waals surface area contributed by atoms with Crippen molar-refractivity contribution in [1.82, 2.24) is 0 Å². The highest BCUT2D eigenvalue weighted by atomic mass is 32.2. The van der Waals surface area contributed by atoms with Gasteiger partial charge in [0.05, 0.1) is 10.1 Å². The van der Waals surface area contributed by atoms with E-state index in [-0.39, 0.29) is 16.1 Å². The standard InChI is InChI=1S/C17H20N2O3S2/c1-11-4-5-12(2)16(10-11)23-13(3)17(20)19-14-6-8-15(9-7-14)24(18,21)22/h4-10,13H,1-3H3,(H,19,20)(H2,18,21,22)/t13-/m0/s1. The lowest BCUT2D eigenvalue weighted by Crippen LogP contribution is -2.22. The molecule has 7 heteroatoms. The fourth-order valence-corrected chi connectivity index (χ4v) is 3.62. The van der Waals surface area contributed by atoms with Crippen molar-refractivity contribution in [3.63, 3.8) is 0 Å². The molecule has 0 fully saturated rings. The number of carbonyl (C=O) groups is 1. The third-order valence-electron chi connectivity index (χ3n) is 3.47. The summed E-state index contributed by atoms with van der Waals surface area (Å²) in [6.07, 6.45) is 0. The summed E-state index contributed by atoms with van der Waals surface area (Å²) in [7, 11) is -3.73. The Morgan fingerprint density at radius 1 is 1.12 bits per heavy atom. The summed E-state index contributed by atoms with van der Waals surface area (Å²) >= 11 is 1.49. The van der Waals surface area contributed by atoms with E-state index in [4.69, 9.17) is 5.14 Å². The van der Waals surface area contributed by atoms with Crippen LogP contribution in [0, 0.1) is 13.8 Å². The molecular formula is C17H20N2O3S2. The van der Waals surface area contributed by atoms with Crippen LogP contribution in [0.15, 0.2) is 52.3 Å². The lowest BCUT2D eigenvalue weighted by Gasteiger charge is -2.14. The van der Waals surface area contributed by atoms with E-state index in [0.717, 1.165) is 16.0 Å². The minimum atomic E-state index is -3.73. The number of amides is 1. The molecule has 0 aliphatic heterocycles. The van der Waals surface area contributed by atoms with Crippen LogP contribution in [0.5, 0.6) is 0 Å². The summed E-state index contributed by atoms with van der Waals surface area (Å²) in [6.45, 7) is 5.86. The maximum Gasteiger partial charge on any atom is 0.238 e. The molecule has 0 unspecified atom stereocenters. The Kier molecular flexibility index (Phi) is 5.69. The predicted molar refractivity (Wildman–Crippen MR) is 97.7 cm³/mol. The summed E-state index contributed by atoms with van der Waals surface area (Å²) in [5, 5.41) is 7.54. The Balaban J connectivity index is 2.05. The van der Waals surface area contributed by atoms with Gasteiger partial charge in [0.25, 0.3) is 0 Å². The van der Waals surface area contributed by atoms with Crippen LogP contribution in [0.4, 0.5) is 5.69 Å². The zero-order valence-electron chi connectivity index (χ0n) is 13.7. The summed E-state index contributed by atoms with van der Waals surface area (Å²) in [4.78, 5) is 13.4. The minimum absolute atomic E-state index is 0.0123. The minimum Gasteiger partial charge on any atom is -0.325 e. The molecular weight excluding hydrogens is 344 g/mol. The van der Waals surface area contributed by atoms with E-state index in [1.807, 2.05) is 32.9 Å². The van der Waals surface area contributed by atoms with Gasteiger partial charge in [-0.2, -0.15) is 0 Å². The topological polar surface area (TPSA) is 89.3 Å². The summed E-state index contributed by atoms with van der Waals surface area (Å²) in [5.74, 6) is -0.149. The zero-order chi connectivity index (χ0) is 17.9. The van der Waals surface area contributed by atoms with E-state index < -0.39 is 10.0 Å². The van der Waals surface area contributed by atoms with Crippen molar-refractivity contribution in [2.45, 2.75) is 35.8 Å². The second-order valence-electron chi connectivity index (χ2n) is 5.59. The molecule has 0 heterocycles. The second kappa shape index (κ2) is 7.38. The Bertz CT molecular complexity index is 847. The van der Waals surface area contributed by atoms with Gasteiger partial charge in [-0.25, -0.2) is 13.6 Å². The molecule has 1 amide bonds. The number of primary sulfonamides is 1. The van der Waals surface area contributed by atoms with Crippen LogP contribution in [0.25, 0.3) is 0 Å². The van der Waals surface area contributed by atoms with E-state index in [1.165, 1.54) is 36.0 Å². The lowest BCUT2D eigenvalue weighted by molar-refractivity contribution is -0.115. The molecule has 0 saturated heterocycles. The first kappa shape index (κ1) is 18.5. The van der Waals surface area contributed by atoms with Crippen molar-refractivity contribution >= 4 is 33.4 Å². The third kappa shape index (κ3) is 4.83. The van der Waals surface area contributed by atoms with Crippen LogP contribution in [0.3, 0.4) is 0 Å². The van der Waals surface area contributed by atoms with E-state index in [2.05, 4.69) is 11.4 Å². The van der Waals surface area contributed by atoms with Crippen LogP contribution < -0.4 is 10.5 Å². The summed E-state index contributed by atoms with van der Waals surface area (Å²) < 4.78 is 22.4. The van der Waals surface area contributed by atoms with Crippen LogP contribution in [-0.4, -0.2) is 19.6 Å². The zero-order valence-corrected chi connectivity index (χ0v) is 15.4. The van der Waals surface area contributed by atoms with Gasteiger partial charge in [-0.05, 0) is 56.7 Å². The van der Waals surface area contributed by atoms with E-state index in [9.17, 15) is 13.2 Å². The molecule has 0 saturated carbocycles. The highest BCUT2D eigenvalue weighted by Gasteiger charge is 2.16. The quantitative estimate of drug-likeness (QED) is 0.798. The van der Waals surface area contributed by atoms with Gasteiger partial charge in [-0.1, -0.05) is 17.7 Å². The molecule has 0 aliphatic carbocycles. The van der Waals surface area contributed by atoms with Crippen molar-refractivity contribution in [1.29, 1.82) is 0 Å². The Hall–Kier alpha value is -1.83. The summed E-state index contributed by atoms with van der Waals surface area (Å²) in [5.41, 5.74) is 2.80. The average Bonchev–Trinajstić information content (AvgIpc) is 2.50. The molecule has 2 rings (SSSR count). The second-order valence-corrected chi connectivity index (χ2v) is 8.53. The van der Waals surface area contributed by atoms with Crippen molar-refractivity contribution < 1.29 is 13.2 Å². The van der Waals surface area contributed by atoms with Crippen molar-refractivity contribution in [3.8, 4) is 0 Å². The molecule has 5 nitrogen and oxygen atoms in total. The van der Waals surface area contributed by atoms with Crippen LogP contribution >= 0.6 is 11.8 Å². The molecule has 0 spiro atoms. The van der Waals surface area contributed by atoms with E-state index in [0.29, 0.717) is 5.69 Å².